The van der Waals surface area contributed by atoms with Crippen LogP contribution in [0.25, 0.3) is 10.8 Å². The van der Waals surface area contributed by atoms with Crippen molar-refractivity contribution in [3.8, 4) is 5.75 Å². The van der Waals surface area contributed by atoms with Crippen molar-refractivity contribution >= 4 is 40.2 Å². The molecule has 0 spiro atoms. The average Bonchev–Trinajstić information content (AvgIpc) is 2.90. The van der Waals surface area contributed by atoms with Gasteiger partial charge in [-0.05, 0) is 61.7 Å². The van der Waals surface area contributed by atoms with Crippen LogP contribution in [-0.2, 0) is 14.3 Å². The van der Waals surface area contributed by atoms with Gasteiger partial charge < -0.3 is 14.6 Å². The van der Waals surface area contributed by atoms with Gasteiger partial charge in [-0.3, -0.25) is 15.3 Å². The minimum atomic E-state index is -0.805. The van der Waals surface area contributed by atoms with Crippen LogP contribution in [0.4, 0.5) is 10.5 Å². The van der Waals surface area contributed by atoms with Gasteiger partial charge in [-0.25, -0.2) is 10.3 Å². The molecule has 0 saturated heterocycles. The highest BCUT2D eigenvalue weighted by Gasteiger charge is 2.29. The predicted molar refractivity (Wildman–Crippen MR) is 140 cm³/mol. The van der Waals surface area contributed by atoms with E-state index in [0.717, 1.165) is 10.3 Å². The third kappa shape index (κ3) is 7.24. The number of hydrogen-bond acceptors (Lipinski definition) is 7. The Balaban J connectivity index is 1.91. The van der Waals surface area contributed by atoms with Crippen molar-refractivity contribution in [2.24, 2.45) is 0 Å². The number of thioether (sulfide) groups is 1. The van der Waals surface area contributed by atoms with Gasteiger partial charge in [-0.15, -0.1) is 11.8 Å². The van der Waals surface area contributed by atoms with E-state index in [1.807, 2.05) is 43.5 Å². The third-order valence-electron chi connectivity index (χ3n) is 5.53. The molecule has 36 heavy (non-hydrogen) atoms. The van der Waals surface area contributed by atoms with Crippen molar-refractivity contribution in [2.75, 3.05) is 18.2 Å². The Labute approximate surface area is 214 Å². The predicted octanol–water partition coefficient (Wildman–Crippen LogP) is 5.80. The minimum absolute atomic E-state index is 0.123. The number of ether oxygens (including phenoxy) is 2. The number of anilines is 1. The van der Waals surface area contributed by atoms with Gasteiger partial charge in [-0.2, -0.15) is 0 Å². The van der Waals surface area contributed by atoms with Crippen LogP contribution < -0.4 is 10.8 Å². The fraction of sp³-hybridized carbons (Fsp3) is 0.259. The topological polar surface area (TPSA) is 117 Å². The highest BCUT2D eigenvalue weighted by molar-refractivity contribution is 7.98. The second kappa shape index (κ2) is 13.5. The van der Waals surface area contributed by atoms with E-state index in [1.54, 1.807) is 53.6 Å². The summed E-state index contributed by atoms with van der Waals surface area (Å²) in [6.07, 6.45) is 3.67. The largest absolute Gasteiger partial charge is 0.507 e. The first-order valence-corrected chi connectivity index (χ1v) is 12.7. The molecule has 3 aromatic rings. The van der Waals surface area contributed by atoms with E-state index in [2.05, 4.69) is 5.32 Å². The van der Waals surface area contributed by atoms with Gasteiger partial charge in [0.1, 0.15) is 5.75 Å². The maximum Gasteiger partial charge on any atom is 0.412 e. The number of phenolic OH excluding ortho intramolecular Hbond substituents is 1. The molecule has 190 valence electrons. The first-order chi connectivity index (χ1) is 17.5. The van der Waals surface area contributed by atoms with E-state index in [-0.39, 0.29) is 5.75 Å². The van der Waals surface area contributed by atoms with Gasteiger partial charge in [0.05, 0.1) is 6.10 Å². The Bertz CT molecular complexity index is 1200. The minimum Gasteiger partial charge on any atom is -0.507 e. The van der Waals surface area contributed by atoms with Crippen molar-refractivity contribution in [1.82, 2.24) is 5.48 Å². The summed E-state index contributed by atoms with van der Waals surface area (Å²) in [5.41, 5.74) is 2.83. The molecule has 4 N–H and O–H groups in total. The number of carbonyl (C=O) groups excluding carboxylic acids is 2. The molecule has 0 saturated carbocycles. The molecule has 0 unspecified atom stereocenters. The fourth-order valence-corrected chi connectivity index (χ4v) is 4.26. The van der Waals surface area contributed by atoms with E-state index in [1.165, 1.54) is 6.08 Å². The lowest BCUT2D eigenvalue weighted by Gasteiger charge is -2.28. The van der Waals surface area contributed by atoms with Crippen LogP contribution in [0.15, 0.2) is 77.7 Å². The molecule has 0 bridgehead atoms. The summed E-state index contributed by atoms with van der Waals surface area (Å²) in [4.78, 5) is 25.3. The van der Waals surface area contributed by atoms with Crippen molar-refractivity contribution in [3.05, 3.63) is 78.4 Å². The summed E-state index contributed by atoms with van der Waals surface area (Å²) in [5.74, 6) is -0.510. The van der Waals surface area contributed by atoms with E-state index in [0.29, 0.717) is 36.1 Å². The van der Waals surface area contributed by atoms with Gasteiger partial charge >= 0.3 is 6.09 Å². The number of fused-ring (bicyclic) bond motifs is 1. The van der Waals surface area contributed by atoms with Crippen molar-refractivity contribution < 1.29 is 29.4 Å². The Morgan fingerprint density at radius 3 is 2.44 bits per heavy atom. The van der Waals surface area contributed by atoms with Gasteiger partial charge in [0, 0.05) is 34.2 Å². The zero-order valence-corrected chi connectivity index (χ0v) is 21.0. The van der Waals surface area contributed by atoms with Crippen molar-refractivity contribution in [2.45, 2.75) is 36.9 Å². The number of rotatable bonds is 11. The molecule has 0 radical (unpaired) electrons. The molecule has 2 atom stereocenters. The molecule has 9 heteroatoms. The monoisotopic (exact) mass is 510 g/mol. The lowest BCUT2D eigenvalue weighted by Crippen LogP contribution is -2.29. The summed E-state index contributed by atoms with van der Waals surface area (Å²) in [6.45, 7) is 2.22. The van der Waals surface area contributed by atoms with E-state index in [9.17, 15) is 14.7 Å². The Morgan fingerprint density at radius 2 is 1.78 bits per heavy atom. The molecule has 0 aliphatic rings. The number of nitrogens with one attached hydrogen (secondary N) is 2. The Hall–Kier alpha value is -3.53. The highest BCUT2D eigenvalue weighted by atomic mass is 32.2. The molecule has 0 aliphatic heterocycles. The molecule has 2 amide bonds. The van der Waals surface area contributed by atoms with Crippen LogP contribution in [0.1, 0.15) is 31.4 Å². The molecule has 0 aromatic heterocycles. The summed E-state index contributed by atoms with van der Waals surface area (Å²) in [7, 11) is 0. The van der Waals surface area contributed by atoms with Crippen LogP contribution >= 0.6 is 11.8 Å². The van der Waals surface area contributed by atoms with Crippen LogP contribution in [0.2, 0.25) is 0 Å². The standard InChI is InChI=1S/C27H30N2O6S/c1-3-34-24(10-6-7-11-25(31)29-33)26(22-16-17-23(30)21-9-5-4-8-20(21)22)35-27(32)28-18-12-14-19(36-2)15-13-18/h4-5,7-9,11-17,24,26,30,33H,3,6,10H2,1-2H3,(H,28,32)(H,29,31)/b11-7+/t24-,26-/m1/s1. The molecule has 0 fully saturated rings. The zero-order chi connectivity index (χ0) is 25.9. The lowest BCUT2D eigenvalue weighted by atomic mass is 9.94. The van der Waals surface area contributed by atoms with Gasteiger partial charge in [0.2, 0.25) is 0 Å². The van der Waals surface area contributed by atoms with Crippen molar-refractivity contribution in [3.63, 3.8) is 0 Å². The number of phenols is 1. The normalized spacial score (nSPS) is 12.9. The van der Waals surface area contributed by atoms with Crippen LogP contribution in [0.3, 0.4) is 0 Å². The second-order valence-electron chi connectivity index (χ2n) is 7.85. The van der Waals surface area contributed by atoms with E-state index < -0.39 is 24.2 Å². The molecule has 0 aliphatic carbocycles. The summed E-state index contributed by atoms with van der Waals surface area (Å²) >= 11 is 1.60. The van der Waals surface area contributed by atoms with Crippen LogP contribution in [-0.4, -0.2) is 41.3 Å². The number of allylic oxidation sites excluding steroid dienone is 1. The lowest BCUT2D eigenvalue weighted by molar-refractivity contribution is -0.124. The SMILES string of the molecule is CCO[C@H](CC/C=C/C(=O)NO)[C@H](OC(=O)Nc1ccc(SC)cc1)c1ccc(O)c2ccccc12. The van der Waals surface area contributed by atoms with Gasteiger partial charge in [0.15, 0.2) is 6.10 Å². The number of hydroxylamine groups is 1. The fourth-order valence-electron chi connectivity index (χ4n) is 3.86. The molecule has 8 nitrogen and oxygen atoms in total. The maximum atomic E-state index is 13.0. The summed E-state index contributed by atoms with van der Waals surface area (Å²) in [6, 6.07) is 18.0. The molecular formula is C27H30N2O6S. The van der Waals surface area contributed by atoms with Gasteiger partial charge in [0.25, 0.3) is 5.91 Å². The first-order valence-electron chi connectivity index (χ1n) is 11.5. The molecular weight excluding hydrogens is 480 g/mol. The number of hydrogen-bond donors (Lipinski definition) is 4. The van der Waals surface area contributed by atoms with Crippen LogP contribution in [0, 0.1) is 0 Å². The average molecular weight is 511 g/mol. The quantitative estimate of drug-likeness (QED) is 0.111. The smallest absolute Gasteiger partial charge is 0.412 e. The van der Waals surface area contributed by atoms with Gasteiger partial charge in [-0.1, -0.05) is 36.4 Å². The molecule has 3 rings (SSSR count). The Kier molecular flexibility index (Phi) is 10.2. The number of benzene rings is 3. The summed E-state index contributed by atoms with van der Waals surface area (Å²) in [5, 5.41) is 23.2. The first kappa shape index (κ1) is 27.1. The number of aromatic hydroxyl groups is 1. The molecule has 3 aromatic carbocycles. The zero-order valence-electron chi connectivity index (χ0n) is 20.1. The highest BCUT2D eigenvalue weighted by Crippen LogP contribution is 2.36. The molecule has 0 heterocycles. The summed E-state index contributed by atoms with van der Waals surface area (Å²) < 4.78 is 12.0. The number of amides is 2. The maximum absolute atomic E-state index is 13.0. The number of carbonyl (C=O) groups is 2. The van der Waals surface area contributed by atoms with E-state index >= 15 is 0 Å². The van der Waals surface area contributed by atoms with Crippen LogP contribution in [0.5, 0.6) is 5.75 Å². The Morgan fingerprint density at radius 1 is 1.06 bits per heavy atom. The second-order valence-corrected chi connectivity index (χ2v) is 8.73. The van der Waals surface area contributed by atoms with E-state index in [4.69, 9.17) is 14.7 Å². The third-order valence-corrected chi connectivity index (χ3v) is 6.27. The van der Waals surface area contributed by atoms with Crippen molar-refractivity contribution in [1.29, 1.82) is 0 Å².